The highest BCUT2D eigenvalue weighted by Crippen LogP contribution is 2.27. The van der Waals surface area contributed by atoms with E-state index in [0.717, 1.165) is 29.7 Å². The first-order valence-electron chi connectivity index (χ1n) is 7.81. The van der Waals surface area contributed by atoms with E-state index in [2.05, 4.69) is 22.0 Å². The molecule has 0 amide bonds. The van der Waals surface area contributed by atoms with Crippen molar-refractivity contribution in [2.24, 2.45) is 0 Å². The van der Waals surface area contributed by atoms with E-state index in [4.69, 9.17) is 4.74 Å². The largest absolute Gasteiger partial charge is 0.456 e. The molecular formula is C18H24F2N2O2. The summed E-state index contributed by atoms with van der Waals surface area (Å²) >= 11 is 0. The number of ether oxygens (including phenoxy) is 1. The van der Waals surface area contributed by atoms with Gasteiger partial charge in [-0.15, -0.1) is 0 Å². The molecular weight excluding hydrogens is 314 g/mol. The number of hydrogen-bond donors (Lipinski definition) is 0. The molecule has 132 valence electrons. The fourth-order valence-corrected chi connectivity index (χ4v) is 2.82. The van der Waals surface area contributed by atoms with Gasteiger partial charge in [0.15, 0.2) is 0 Å². The van der Waals surface area contributed by atoms with E-state index in [1.165, 1.54) is 12.8 Å². The Morgan fingerprint density at radius 3 is 2.42 bits per heavy atom. The lowest BCUT2D eigenvalue weighted by atomic mass is 10.1. The Balaban J connectivity index is 0.00000144. The molecule has 1 aliphatic heterocycles. The minimum Gasteiger partial charge on any atom is -0.456 e. The average Bonchev–Trinajstić information content (AvgIpc) is 2.98. The van der Waals surface area contributed by atoms with Gasteiger partial charge in [0, 0.05) is 30.4 Å². The first-order valence-corrected chi connectivity index (χ1v) is 7.81. The zero-order valence-corrected chi connectivity index (χ0v) is 14.2. The lowest BCUT2D eigenvalue weighted by molar-refractivity contribution is 0.00718. The van der Waals surface area contributed by atoms with Crippen molar-refractivity contribution in [3.8, 4) is 0 Å². The van der Waals surface area contributed by atoms with Crippen LogP contribution >= 0.6 is 0 Å². The molecule has 1 aliphatic rings. The van der Waals surface area contributed by atoms with Crippen molar-refractivity contribution >= 4 is 22.6 Å². The molecule has 1 saturated heterocycles. The van der Waals surface area contributed by atoms with Crippen LogP contribution in [0.5, 0.6) is 0 Å². The number of pyridine rings is 1. The molecule has 2 heterocycles. The molecule has 0 saturated carbocycles. The summed E-state index contributed by atoms with van der Waals surface area (Å²) in [6.45, 7) is 7.79. The highest BCUT2D eigenvalue weighted by molar-refractivity contribution is 6.04. The molecule has 24 heavy (non-hydrogen) atoms. The number of anilines is 1. The van der Waals surface area contributed by atoms with E-state index in [-0.39, 0.29) is 15.4 Å². The van der Waals surface area contributed by atoms with E-state index in [0.29, 0.717) is 5.56 Å². The maximum Gasteiger partial charge on any atom is 0.339 e. The van der Waals surface area contributed by atoms with E-state index in [1.54, 1.807) is 12.3 Å². The number of benzene rings is 1. The summed E-state index contributed by atoms with van der Waals surface area (Å²) in [5.41, 5.74) is 2.06. The van der Waals surface area contributed by atoms with Crippen LogP contribution in [0.1, 0.15) is 44.0 Å². The van der Waals surface area contributed by atoms with Crippen LogP contribution in [0.2, 0.25) is 0 Å². The first kappa shape index (κ1) is 19.8. The van der Waals surface area contributed by atoms with Crippen molar-refractivity contribution in [1.82, 2.24) is 4.98 Å². The summed E-state index contributed by atoms with van der Waals surface area (Å²) in [6, 6.07) is 7.87. The van der Waals surface area contributed by atoms with Gasteiger partial charge < -0.3 is 9.64 Å². The predicted molar refractivity (Wildman–Crippen MR) is 93.4 cm³/mol. The summed E-state index contributed by atoms with van der Waals surface area (Å²) < 4.78 is 5.52. The molecule has 1 fully saturated rings. The SMILES string of the molecule is CC(C)(C)OC(=O)c1ccnc2ccc(N3CCCC3)cc12.F.F. The Morgan fingerprint density at radius 2 is 1.79 bits per heavy atom. The van der Waals surface area contributed by atoms with Gasteiger partial charge in [-0.25, -0.2) is 4.79 Å². The number of carbonyl (C=O) groups is 1. The maximum absolute atomic E-state index is 12.4. The number of fused-ring (bicyclic) bond motifs is 1. The number of aromatic nitrogens is 1. The van der Waals surface area contributed by atoms with Crippen LogP contribution in [-0.4, -0.2) is 29.6 Å². The lowest BCUT2D eigenvalue weighted by Gasteiger charge is -2.21. The van der Waals surface area contributed by atoms with Crippen LogP contribution in [0.4, 0.5) is 15.1 Å². The summed E-state index contributed by atoms with van der Waals surface area (Å²) in [5, 5.41) is 0.862. The Hall–Kier alpha value is -2.24. The van der Waals surface area contributed by atoms with Gasteiger partial charge in [-0.1, -0.05) is 0 Å². The van der Waals surface area contributed by atoms with Gasteiger partial charge >= 0.3 is 5.97 Å². The molecule has 1 aromatic carbocycles. The van der Waals surface area contributed by atoms with E-state index in [9.17, 15) is 4.79 Å². The second-order valence-electron chi connectivity index (χ2n) is 6.76. The monoisotopic (exact) mass is 338 g/mol. The molecule has 0 bridgehead atoms. The smallest absolute Gasteiger partial charge is 0.339 e. The number of rotatable bonds is 2. The van der Waals surface area contributed by atoms with E-state index in [1.807, 2.05) is 26.8 Å². The molecule has 0 spiro atoms. The molecule has 2 aromatic rings. The Bertz CT molecular complexity index is 708. The molecule has 0 N–H and O–H groups in total. The van der Waals surface area contributed by atoms with Crippen LogP contribution in [0.15, 0.2) is 30.5 Å². The highest BCUT2D eigenvalue weighted by Gasteiger charge is 2.21. The lowest BCUT2D eigenvalue weighted by Crippen LogP contribution is -2.24. The minimum absolute atomic E-state index is 0. The topological polar surface area (TPSA) is 42.4 Å². The summed E-state index contributed by atoms with van der Waals surface area (Å²) in [5.74, 6) is -0.293. The molecule has 4 nitrogen and oxygen atoms in total. The summed E-state index contributed by atoms with van der Waals surface area (Å²) in [6.07, 6.45) is 4.12. The average molecular weight is 338 g/mol. The van der Waals surface area contributed by atoms with Crippen molar-refractivity contribution in [3.63, 3.8) is 0 Å². The molecule has 1 aromatic heterocycles. The highest BCUT2D eigenvalue weighted by atomic mass is 19.0. The van der Waals surface area contributed by atoms with Crippen molar-refractivity contribution in [3.05, 3.63) is 36.0 Å². The number of halogens is 2. The fourth-order valence-electron chi connectivity index (χ4n) is 2.82. The molecule has 0 unspecified atom stereocenters. The summed E-state index contributed by atoms with van der Waals surface area (Å²) in [4.78, 5) is 19.2. The molecule has 3 rings (SSSR count). The second kappa shape index (κ2) is 7.55. The number of esters is 1. The maximum atomic E-state index is 12.4. The van der Waals surface area contributed by atoms with Crippen molar-refractivity contribution < 1.29 is 18.9 Å². The van der Waals surface area contributed by atoms with Gasteiger partial charge in [0.05, 0.1) is 11.1 Å². The molecule has 6 heteroatoms. The minimum atomic E-state index is -0.501. The van der Waals surface area contributed by atoms with Gasteiger partial charge in [0.2, 0.25) is 0 Å². The van der Waals surface area contributed by atoms with Crippen molar-refractivity contribution in [2.45, 2.75) is 39.2 Å². The number of nitrogens with zero attached hydrogens (tertiary/aromatic N) is 2. The van der Waals surface area contributed by atoms with Crippen LogP contribution in [0, 0.1) is 0 Å². The Labute approximate surface area is 140 Å². The van der Waals surface area contributed by atoms with Crippen molar-refractivity contribution in [2.75, 3.05) is 18.0 Å². The Morgan fingerprint density at radius 1 is 1.12 bits per heavy atom. The molecule has 0 radical (unpaired) electrons. The fraction of sp³-hybridized carbons (Fsp3) is 0.444. The van der Waals surface area contributed by atoms with Crippen LogP contribution in [-0.2, 0) is 4.74 Å². The van der Waals surface area contributed by atoms with Gasteiger partial charge in [-0.3, -0.25) is 14.4 Å². The molecule has 0 atom stereocenters. The summed E-state index contributed by atoms with van der Waals surface area (Å²) in [7, 11) is 0. The van der Waals surface area contributed by atoms with E-state index >= 15 is 0 Å². The van der Waals surface area contributed by atoms with E-state index < -0.39 is 5.60 Å². The van der Waals surface area contributed by atoms with Gasteiger partial charge in [0.1, 0.15) is 5.60 Å². The zero-order chi connectivity index (χ0) is 15.7. The van der Waals surface area contributed by atoms with Crippen LogP contribution in [0.3, 0.4) is 0 Å². The zero-order valence-electron chi connectivity index (χ0n) is 14.2. The van der Waals surface area contributed by atoms with Crippen LogP contribution < -0.4 is 4.90 Å². The second-order valence-corrected chi connectivity index (χ2v) is 6.76. The normalized spacial score (nSPS) is 14.0. The number of hydrogen-bond acceptors (Lipinski definition) is 4. The third-order valence-corrected chi connectivity index (χ3v) is 3.82. The van der Waals surface area contributed by atoms with Gasteiger partial charge in [0.25, 0.3) is 0 Å². The number of carbonyl (C=O) groups excluding carboxylic acids is 1. The molecule has 0 aliphatic carbocycles. The van der Waals surface area contributed by atoms with Gasteiger partial charge in [-0.05, 0) is 57.9 Å². The van der Waals surface area contributed by atoms with Crippen LogP contribution in [0.25, 0.3) is 10.9 Å². The van der Waals surface area contributed by atoms with Gasteiger partial charge in [-0.2, -0.15) is 0 Å². The Kier molecular flexibility index (Phi) is 6.23. The standard InChI is InChI=1S/C18H22N2O2.2FH/c1-18(2,3)22-17(21)14-8-9-19-16-7-6-13(12-15(14)16)20-10-4-5-11-20;;/h6-9,12H,4-5,10-11H2,1-3H3;2*1H. The third-order valence-electron chi connectivity index (χ3n) is 3.82. The third kappa shape index (κ3) is 4.19. The van der Waals surface area contributed by atoms with Crippen molar-refractivity contribution in [1.29, 1.82) is 0 Å². The predicted octanol–water partition coefficient (Wildman–Crippen LogP) is 4.10. The first-order chi connectivity index (χ1) is 10.4. The quantitative estimate of drug-likeness (QED) is 0.773.